The molecule has 1 aromatic heterocycles. The second kappa shape index (κ2) is 10.3. The average molecular weight is 583 g/mol. The number of carbonyl (C=O) groups is 2. The van der Waals surface area contributed by atoms with Gasteiger partial charge < -0.3 is 10.0 Å². The van der Waals surface area contributed by atoms with Crippen molar-refractivity contribution in [3.63, 3.8) is 0 Å². The Balaban J connectivity index is 1.36. The number of hydrogen-bond donors (Lipinski definition) is 1. The average Bonchev–Trinajstić information content (AvgIpc) is 3.45. The number of carboxylic acid groups (broad SMARTS) is 1. The zero-order valence-corrected chi connectivity index (χ0v) is 21.3. The monoisotopic (exact) mass is 582 g/mol. The number of thioether (sulfide) groups is 1. The summed E-state index contributed by atoms with van der Waals surface area (Å²) in [6.07, 6.45) is -5.66. The highest BCUT2D eigenvalue weighted by Gasteiger charge is 2.38. The molecule has 40 heavy (non-hydrogen) atoms. The number of halogens is 6. The van der Waals surface area contributed by atoms with Crippen molar-refractivity contribution in [2.24, 2.45) is 10.9 Å². The van der Waals surface area contributed by atoms with Crippen LogP contribution in [0.5, 0.6) is 0 Å². The molecule has 3 heterocycles. The van der Waals surface area contributed by atoms with Crippen molar-refractivity contribution >= 4 is 45.8 Å². The van der Waals surface area contributed by atoms with Gasteiger partial charge in [-0.15, -0.1) is 0 Å². The van der Waals surface area contributed by atoms with Gasteiger partial charge in [-0.2, -0.15) is 36.4 Å². The van der Waals surface area contributed by atoms with E-state index in [4.69, 9.17) is 0 Å². The number of hydrogen-bond acceptors (Lipinski definition) is 5. The van der Waals surface area contributed by atoms with Gasteiger partial charge in [0, 0.05) is 18.5 Å². The Kier molecular flexibility index (Phi) is 7.15. The van der Waals surface area contributed by atoms with Gasteiger partial charge in [-0.3, -0.25) is 14.3 Å². The van der Waals surface area contributed by atoms with E-state index in [1.165, 1.54) is 10.9 Å². The Morgan fingerprint density at radius 3 is 2.58 bits per heavy atom. The van der Waals surface area contributed by atoms with Crippen LogP contribution in [0.1, 0.15) is 35.1 Å². The zero-order chi connectivity index (χ0) is 28.8. The van der Waals surface area contributed by atoms with Crippen LogP contribution < -0.4 is 0 Å². The summed E-state index contributed by atoms with van der Waals surface area (Å²) in [6, 6.07) is 6.43. The van der Waals surface area contributed by atoms with Crippen molar-refractivity contribution in [3.8, 4) is 0 Å². The predicted molar refractivity (Wildman–Crippen MR) is 135 cm³/mol. The molecule has 1 saturated heterocycles. The smallest absolute Gasteiger partial charge is 0.416 e. The molecule has 3 aromatic rings. The molecule has 1 amide bonds. The van der Waals surface area contributed by atoms with Crippen LogP contribution in [0, 0.1) is 5.92 Å². The number of aliphatic carboxylic acids is 1. The van der Waals surface area contributed by atoms with Gasteiger partial charge in [0.15, 0.2) is 5.17 Å². The largest absolute Gasteiger partial charge is 0.481 e. The molecule has 0 aliphatic carbocycles. The Morgan fingerprint density at radius 1 is 1.10 bits per heavy atom. The maximum Gasteiger partial charge on any atom is 0.416 e. The maximum atomic E-state index is 13.6. The third kappa shape index (κ3) is 5.71. The number of benzene rings is 2. The van der Waals surface area contributed by atoms with Crippen LogP contribution in [0.4, 0.5) is 26.3 Å². The molecule has 2 aliphatic rings. The van der Waals surface area contributed by atoms with E-state index in [1.807, 2.05) is 0 Å². The number of fused-ring (bicyclic) bond motifs is 1. The first-order valence-corrected chi connectivity index (χ1v) is 12.8. The van der Waals surface area contributed by atoms with E-state index < -0.39 is 47.8 Å². The van der Waals surface area contributed by atoms with Crippen molar-refractivity contribution in [2.45, 2.75) is 31.7 Å². The van der Waals surface area contributed by atoms with E-state index in [-0.39, 0.29) is 18.2 Å². The van der Waals surface area contributed by atoms with Crippen LogP contribution in [-0.2, 0) is 28.5 Å². The van der Waals surface area contributed by atoms with Crippen LogP contribution in [0.15, 0.2) is 52.5 Å². The normalized spacial score (nSPS) is 19.5. The molecule has 7 nitrogen and oxygen atoms in total. The molecule has 2 aromatic carbocycles. The molecular weight excluding hydrogens is 562 g/mol. The lowest BCUT2D eigenvalue weighted by Gasteiger charge is -2.31. The molecular formula is C26H20F6N4O3S. The second-order valence-electron chi connectivity index (χ2n) is 9.42. The highest BCUT2D eigenvalue weighted by Crippen LogP contribution is 2.38. The lowest BCUT2D eigenvalue weighted by atomic mass is 9.99. The van der Waals surface area contributed by atoms with Gasteiger partial charge >= 0.3 is 18.3 Å². The summed E-state index contributed by atoms with van der Waals surface area (Å²) >= 11 is 1.14. The number of piperidine rings is 1. The van der Waals surface area contributed by atoms with Crippen LogP contribution in [0.2, 0.25) is 0 Å². The molecule has 210 valence electrons. The van der Waals surface area contributed by atoms with Crippen molar-refractivity contribution in [2.75, 3.05) is 13.1 Å². The van der Waals surface area contributed by atoms with Gasteiger partial charge in [-0.05, 0) is 66.1 Å². The number of likely N-dealkylation sites (tertiary alicyclic amines) is 1. The quantitative estimate of drug-likeness (QED) is 0.305. The first-order chi connectivity index (χ1) is 18.8. The highest BCUT2D eigenvalue weighted by molar-refractivity contribution is 8.18. The van der Waals surface area contributed by atoms with E-state index in [1.54, 1.807) is 29.2 Å². The molecule has 1 N–H and O–H groups in total. The summed E-state index contributed by atoms with van der Waals surface area (Å²) in [5.41, 5.74) is -2.09. The van der Waals surface area contributed by atoms with Crippen LogP contribution in [0.3, 0.4) is 0 Å². The number of carboxylic acids is 1. The fraction of sp³-hybridized carbons (Fsp3) is 0.308. The van der Waals surface area contributed by atoms with Gasteiger partial charge in [-0.1, -0.05) is 12.1 Å². The molecule has 14 heteroatoms. The number of amidine groups is 1. The van der Waals surface area contributed by atoms with E-state index in [2.05, 4.69) is 10.1 Å². The number of amides is 1. The van der Waals surface area contributed by atoms with Gasteiger partial charge in [0.2, 0.25) is 0 Å². The lowest BCUT2D eigenvalue weighted by molar-refractivity contribution is -0.144. The van der Waals surface area contributed by atoms with Gasteiger partial charge in [0.25, 0.3) is 5.91 Å². The third-order valence-corrected chi connectivity index (χ3v) is 7.72. The highest BCUT2D eigenvalue weighted by atomic mass is 32.2. The first kappa shape index (κ1) is 27.7. The Hall–Kier alpha value is -3.81. The summed E-state index contributed by atoms with van der Waals surface area (Å²) < 4.78 is 81.0. The molecule has 0 saturated carbocycles. The van der Waals surface area contributed by atoms with E-state index in [9.17, 15) is 41.0 Å². The van der Waals surface area contributed by atoms with Crippen LogP contribution in [-0.4, -0.2) is 49.9 Å². The van der Waals surface area contributed by atoms with E-state index in [0.717, 1.165) is 17.8 Å². The SMILES string of the molecule is O=C1N=C(N2CCC[C@@H](C(=O)O)C2)SC1=Cc1ccc2c(cnn2Cc2ccc(C(F)(F)F)cc2C(F)(F)F)c1. The molecule has 2 aliphatic heterocycles. The van der Waals surface area contributed by atoms with Crippen molar-refractivity contribution < 1.29 is 41.0 Å². The molecule has 0 bridgehead atoms. The molecule has 1 atom stereocenters. The standard InChI is InChI=1S/C26H20F6N4O3S/c27-25(28,29)18-5-4-15(19(10-18)26(30,31)32)13-36-20-6-3-14(8-17(20)11-33-36)9-21-22(37)34-24(40-21)35-7-1-2-16(12-35)23(38)39/h3-6,8-11,16H,1-2,7,12-13H2,(H,38,39)/t16-/m1/s1. The second-order valence-corrected chi connectivity index (χ2v) is 10.4. The van der Waals surface area contributed by atoms with E-state index >= 15 is 0 Å². The predicted octanol–water partition coefficient (Wildman–Crippen LogP) is 5.89. The Labute approximate surface area is 227 Å². The number of carbonyl (C=O) groups excluding carboxylic acids is 1. The summed E-state index contributed by atoms with van der Waals surface area (Å²) in [7, 11) is 0. The van der Waals surface area contributed by atoms with Gasteiger partial charge in [0.1, 0.15) is 0 Å². The fourth-order valence-electron chi connectivity index (χ4n) is 4.67. The number of rotatable bonds is 4. The number of aliphatic imine (C=N–C) groups is 1. The number of aromatic nitrogens is 2. The topological polar surface area (TPSA) is 87.8 Å². The number of alkyl halides is 6. The number of nitrogens with zero attached hydrogens (tertiary/aromatic N) is 4. The molecule has 0 radical (unpaired) electrons. The lowest BCUT2D eigenvalue weighted by Crippen LogP contribution is -2.40. The third-order valence-electron chi connectivity index (χ3n) is 6.68. The van der Waals surface area contributed by atoms with E-state index in [0.29, 0.717) is 52.0 Å². The molecule has 5 rings (SSSR count). The summed E-state index contributed by atoms with van der Waals surface area (Å²) in [5, 5.41) is 14.4. The van der Waals surface area contributed by atoms with Gasteiger partial charge in [0.05, 0.1) is 40.2 Å². The first-order valence-electron chi connectivity index (χ1n) is 12.0. The maximum absolute atomic E-state index is 13.6. The zero-order valence-electron chi connectivity index (χ0n) is 20.5. The molecule has 0 unspecified atom stereocenters. The summed E-state index contributed by atoms with van der Waals surface area (Å²) in [5.74, 6) is -1.89. The summed E-state index contributed by atoms with van der Waals surface area (Å²) in [4.78, 5) is 30.1. The molecule has 0 spiro atoms. The Morgan fingerprint density at radius 2 is 1.88 bits per heavy atom. The Bertz CT molecular complexity index is 1560. The minimum atomic E-state index is -4.99. The van der Waals surface area contributed by atoms with Gasteiger partial charge in [-0.25, -0.2) is 0 Å². The van der Waals surface area contributed by atoms with Crippen LogP contribution >= 0.6 is 11.8 Å². The fourth-order valence-corrected chi connectivity index (χ4v) is 5.62. The van der Waals surface area contributed by atoms with Crippen molar-refractivity contribution in [1.82, 2.24) is 14.7 Å². The molecule has 1 fully saturated rings. The summed E-state index contributed by atoms with van der Waals surface area (Å²) in [6.45, 7) is 0.452. The van der Waals surface area contributed by atoms with Crippen molar-refractivity contribution in [1.29, 1.82) is 0 Å². The minimum absolute atomic E-state index is 0.101. The van der Waals surface area contributed by atoms with Crippen molar-refractivity contribution in [3.05, 3.63) is 69.8 Å². The van der Waals surface area contributed by atoms with Crippen LogP contribution in [0.25, 0.3) is 17.0 Å². The minimum Gasteiger partial charge on any atom is -0.481 e.